The molecule has 0 bridgehead atoms. The van der Waals surface area contributed by atoms with Crippen molar-refractivity contribution < 1.29 is 39.8 Å². The molecule has 1 fully saturated rings. The Morgan fingerprint density at radius 3 is 1.10 bits per heavy atom. The molecular formula is C70H133NO8. The Kier molecular flexibility index (Phi) is 56.9. The number of unbranched alkanes of at least 4 members (excludes halogenated alkanes) is 45. The molecule has 466 valence electrons. The van der Waals surface area contributed by atoms with Crippen LogP contribution in [0, 0.1) is 0 Å². The van der Waals surface area contributed by atoms with Gasteiger partial charge in [0.05, 0.1) is 25.4 Å². The van der Waals surface area contributed by atoms with Gasteiger partial charge < -0.3 is 40.3 Å². The van der Waals surface area contributed by atoms with Crippen LogP contribution in [0.5, 0.6) is 0 Å². The van der Waals surface area contributed by atoms with E-state index in [2.05, 4.69) is 55.6 Å². The van der Waals surface area contributed by atoms with Crippen molar-refractivity contribution in [3.63, 3.8) is 0 Å². The van der Waals surface area contributed by atoms with Gasteiger partial charge in [-0.15, -0.1) is 0 Å². The Bertz CT molecular complexity index is 1340. The molecule has 0 aromatic rings. The Hall–Kier alpha value is -1.59. The van der Waals surface area contributed by atoms with Gasteiger partial charge in [0, 0.05) is 6.42 Å². The molecule has 1 aliphatic heterocycles. The Morgan fingerprint density at radius 1 is 0.430 bits per heavy atom. The van der Waals surface area contributed by atoms with Crippen LogP contribution in [0.15, 0.2) is 36.5 Å². The van der Waals surface area contributed by atoms with Crippen LogP contribution in [0.25, 0.3) is 0 Å². The van der Waals surface area contributed by atoms with Crippen molar-refractivity contribution in [2.45, 2.75) is 391 Å². The minimum atomic E-state index is -1.55. The lowest BCUT2D eigenvalue weighted by Crippen LogP contribution is -2.60. The van der Waals surface area contributed by atoms with Crippen LogP contribution in [0.4, 0.5) is 0 Å². The molecule has 1 aliphatic rings. The molecule has 79 heavy (non-hydrogen) atoms. The first-order chi connectivity index (χ1) is 38.8. The number of ether oxygens (including phenoxy) is 2. The van der Waals surface area contributed by atoms with Crippen LogP contribution in [-0.4, -0.2) is 87.5 Å². The van der Waals surface area contributed by atoms with Crippen molar-refractivity contribution in [2.75, 3.05) is 13.2 Å². The van der Waals surface area contributed by atoms with Crippen LogP contribution in [0.3, 0.4) is 0 Å². The average Bonchev–Trinajstić information content (AvgIpc) is 3.47. The second-order valence-electron chi connectivity index (χ2n) is 24.3. The van der Waals surface area contributed by atoms with E-state index in [0.29, 0.717) is 12.8 Å². The summed E-state index contributed by atoms with van der Waals surface area (Å²) in [4.78, 5) is 13.1. The molecule has 0 aliphatic carbocycles. The highest BCUT2D eigenvalue weighted by Crippen LogP contribution is 2.24. The summed E-state index contributed by atoms with van der Waals surface area (Å²) in [5.74, 6) is -0.138. The Balaban J connectivity index is 2.11. The monoisotopic (exact) mass is 1120 g/mol. The smallest absolute Gasteiger partial charge is 0.220 e. The number of allylic oxidation sites excluding steroid dienone is 6. The van der Waals surface area contributed by atoms with Crippen molar-refractivity contribution in [1.29, 1.82) is 0 Å². The average molecular weight is 1120 g/mol. The number of aliphatic hydroxyl groups is 5. The number of carbonyl (C=O) groups is 1. The summed E-state index contributed by atoms with van der Waals surface area (Å²) < 4.78 is 11.4. The highest BCUT2D eigenvalue weighted by Gasteiger charge is 2.44. The van der Waals surface area contributed by atoms with Crippen molar-refractivity contribution in [2.24, 2.45) is 0 Å². The maximum Gasteiger partial charge on any atom is 0.220 e. The maximum atomic E-state index is 13.1. The Morgan fingerprint density at radius 2 is 0.747 bits per heavy atom. The SMILES string of the molecule is CCCCCCC/C=C\C/C=C\C/C=C\CCCCCCCCCCCCCCCCCCC(=O)NC(COC1OC(CO)C(O)C(O)C1O)C(O)CCCCCCCCCCCCCCCCCCCCCCCCCCC. The molecule has 7 unspecified atom stereocenters. The summed E-state index contributed by atoms with van der Waals surface area (Å²) in [6.07, 6.45) is 72.0. The van der Waals surface area contributed by atoms with E-state index in [-0.39, 0.29) is 12.5 Å². The van der Waals surface area contributed by atoms with E-state index in [9.17, 15) is 30.3 Å². The van der Waals surface area contributed by atoms with E-state index >= 15 is 0 Å². The van der Waals surface area contributed by atoms with Crippen LogP contribution in [-0.2, 0) is 14.3 Å². The highest BCUT2D eigenvalue weighted by atomic mass is 16.7. The minimum Gasteiger partial charge on any atom is -0.394 e. The van der Waals surface area contributed by atoms with Crippen molar-refractivity contribution in [3.8, 4) is 0 Å². The van der Waals surface area contributed by atoms with Gasteiger partial charge >= 0.3 is 0 Å². The van der Waals surface area contributed by atoms with Gasteiger partial charge in [-0.1, -0.05) is 326 Å². The third-order valence-electron chi connectivity index (χ3n) is 16.7. The molecule has 1 saturated heterocycles. The van der Waals surface area contributed by atoms with Crippen LogP contribution in [0.2, 0.25) is 0 Å². The molecule has 0 spiro atoms. The van der Waals surface area contributed by atoms with E-state index in [0.717, 1.165) is 51.4 Å². The third-order valence-corrected chi connectivity index (χ3v) is 16.7. The zero-order chi connectivity index (χ0) is 57.2. The molecule has 7 atom stereocenters. The summed E-state index contributed by atoms with van der Waals surface area (Å²) in [5.41, 5.74) is 0. The molecule has 1 heterocycles. The lowest BCUT2D eigenvalue weighted by atomic mass is 9.99. The largest absolute Gasteiger partial charge is 0.394 e. The molecule has 1 amide bonds. The highest BCUT2D eigenvalue weighted by molar-refractivity contribution is 5.76. The number of hydrogen-bond donors (Lipinski definition) is 6. The van der Waals surface area contributed by atoms with E-state index in [1.165, 1.54) is 270 Å². The number of nitrogens with one attached hydrogen (secondary N) is 1. The molecule has 9 heteroatoms. The van der Waals surface area contributed by atoms with Crippen LogP contribution in [0.1, 0.15) is 348 Å². The molecule has 0 radical (unpaired) electrons. The van der Waals surface area contributed by atoms with E-state index in [4.69, 9.17) is 9.47 Å². The van der Waals surface area contributed by atoms with Gasteiger partial charge in [0.25, 0.3) is 0 Å². The van der Waals surface area contributed by atoms with Crippen molar-refractivity contribution in [1.82, 2.24) is 5.32 Å². The van der Waals surface area contributed by atoms with E-state index in [1.54, 1.807) is 0 Å². The summed E-state index contributed by atoms with van der Waals surface area (Å²) >= 11 is 0. The first-order valence-electron chi connectivity index (χ1n) is 34.7. The summed E-state index contributed by atoms with van der Waals surface area (Å²) in [6, 6.07) is -0.720. The second kappa shape index (κ2) is 59.6. The number of carbonyl (C=O) groups excluding carboxylic acids is 1. The fourth-order valence-corrected chi connectivity index (χ4v) is 11.3. The first kappa shape index (κ1) is 75.4. The molecule has 6 N–H and O–H groups in total. The summed E-state index contributed by atoms with van der Waals surface area (Å²) in [6.45, 7) is 3.88. The standard InChI is InChI=1S/C70H133NO8/c1-3-5-7-9-11-13-15-17-19-21-23-25-27-29-30-31-32-33-34-36-38-40-42-44-46-48-50-52-54-56-58-60-66(74)71-63(62-78-70-69(77)68(76)67(75)65(61-72)79-70)64(73)59-57-55-53-51-49-47-45-43-41-39-37-35-28-26-24-22-20-18-16-14-12-10-8-6-4-2/h15,17,21,23,27,29,63-65,67-70,72-73,75-77H,3-14,16,18-20,22,24-26,28,30-62H2,1-2H3,(H,71,74)/b17-15-,23-21-,29-27-. The normalized spacial score (nSPS) is 18.7. The molecule has 0 aromatic carbocycles. The quantitative estimate of drug-likeness (QED) is 0.0261. The summed E-state index contributed by atoms with van der Waals surface area (Å²) in [7, 11) is 0. The van der Waals surface area contributed by atoms with Gasteiger partial charge in [0.15, 0.2) is 6.29 Å². The Labute approximate surface area is 489 Å². The molecule has 0 saturated carbocycles. The number of amides is 1. The van der Waals surface area contributed by atoms with Gasteiger partial charge in [0.1, 0.15) is 24.4 Å². The topological polar surface area (TPSA) is 149 Å². The fraction of sp³-hybridized carbons (Fsp3) is 0.900. The maximum absolute atomic E-state index is 13.1. The van der Waals surface area contributed by atoms with Gasteiger partial charge in [-0.3, -0.25) is 4.79 Å². The predicted molar refractivity (Wildman–Crippen MR) is 337 cm³/mol. The van der Waals surface area contributed by atoms with E-state index in [1.807, 2.05) is 0 Å². The van der Waals surface area contributed by atoms with Crippen molar-refractivity contribution in [3.05, 3.63) is 36.5 Å². The van der Waals surface area contributed by atoms with Gasteiger partial charge in [-0.25, -0.2) is 0 Å². The van der Waals surface area contributed by atoms with Crippen molar-refractivity contribution >= 4 is 5.91 Å². The number of rotatable bonds is 61. The van der Waals surface area contributed by atoms with Gasteiger partial charge in [-0.2, -0.15) is 0 Å². The third kappa shape index (κ3) is 48.5. The lowest BCUT2D eigenvalue weighted by molar-refractivity contribution is -0.302. The molecular weight excluding hydrogens is 983 g/mol. The zero-order valence-corrected chi connectivity index (χ0v) is 52.2. The summed E-state index contributed by atoms with van der Waals surface area (Å²) in [5, 5.41) is 54.9. The second-order valence-corrected chi connectivity index (χ2v) is 24.3. The minimum absolute atomic E-state index is 0.135. The van der Waals surface area contributed by atoms with Crippen LogP contribution < -0.4 is 5.32 Å². The van der Waals surface area contributed by atoms with E-state index < -0.39 is 49.5 Å². The molecule has 9 nitrogen and oxygen atoms in total. The molecule has 1 rings (SSSR count). The number of aliphatic hydroxyl groups excluding tert-OH is 5. The first-order valence-corrected chi connectivity index (χ1v) is 34.7. The van der Waals surface area contributed by atoms with Gasteiger partial charge in [-0.05, 0) is 51.4 Å². The van der Waals surface area contributed by atoms with Gasteiger partial charge in [0.2, 0.25) is 5.91 Å². The predicted octanol–water partition coefficient (Wildman–Crippen LogP) is 18.6. The molecule has 0 aromatic heterocycles. The fourth-order valence-electron chi connectivity index (χ4n) is 11.3. The lowest BCUT2D eigenvalue weighted by Gasteiger charge is -2.40. The zero-order valence-electron chi connectivity index (χ0n) is 52.2. The van der Waals surface area contributed by atoms with Crippen LogP contribution >= 0.6 is 0 Å². The number of hydrogen-bond acceptors (Lipinski definition) is 8.